The highest BCUT2D eigenvalue weighted by Crippen LogP contribution is 2.48. The van der Waals surface area contributed by atoms with E-state index >= 15 is 0 Å². The number of aryl methyl sites for hydroxylation is 1. The van der Waals surface area contributed by atoms with Crippen molar-refractivity contribution in [3.63, 3.8) is 0 Å². The van der Waals surface area contributed by atoms with Gasteiger partial charge in [-0.15, -0.1) is 0 Å². The van der Waals surface area contributed by atoms with E-state index in [1.807, 2.05) is 0 Å². The Balaban J connectivity index is 2.15. The van der Waals surface area contributed by atoms with Crippen LogP contribution in [0.3, 0.4) is 0 Å². The summed E-state index contributed by atoms with van der Waals surface area (Å²) in [6, 6.07) is 4.87. The SMILES string of the molecule is CCC1(CNS(=O)(=O)c2ccc(N)cc2C)CC1. The first-order valence-corrected chi connectivity index (χ1v) is 7.73. The molecule has 0 radical (unpaired) electrons. The molecule has 1 aromatic rings. The highest BCUT2D eigenvalue weighted by Gasteiger charge is 2.41. The fourth-order valence-electron chi connectivity index (χ4n) is 2.13. The molecule has 0 saturated heterocycles. The monoisotopic (exact) mass is 268 g/mol. The van der Waals surface area contributed by atoms with Crippen molar-refractivity contribution >= 4 is 15.7 Å². The minimum atomic E-state index is -3.42. The van der Waals surface area contributed by atoms with Crippen molar-refractivity contribution in [3.8, 4) is 0 Å². The molecule has 0 aliphatic heterocycles. The van der Waals surface area contributed by atoms with Gasteiger partial charge in [-0.1, -0.05) is 6.92 Å². The van der Waals surface area contributed by atoms with Gasteiger partial charge in [0.05, 0.1) is 4.90 Å². The van der Waals surface area contributed by atoms with E-state index in [1.54, 1.807) is 25.1 Å². The van der Waals surface area contributed by atoms with Crippen LogP contribution < -0.4 is 10.5 Å². The van der Waals surface area contributed by atoms with Gasteiger partial charge in [-0.3, -0.25) is 0 Å². The minimum Gasteiger partial charge on any atom is -0.399 e. The van der Waals surface area contributed by atoms with Crippen LogP contribution >= 0.6 is 0 Å². The smallest absolute Gasteiger partial charge is 0.240 e. The summed E-state index contributed by atoms with van der Waals surface area (Å²) in [6.45, 7) is 4.41. The Bertz CT molecular complexity index is 548. The number of hydrogen-bond acceptors (Lipinski definition) is 3. The van der Waals surface area contributed by atoms with Crippen LogP contribution in [0.2, 0.25) is 0 Å². The van der Waals surface area contributed by atoms with Crippen LogP contribution in [0, 0.1) is 12.3 Å². The van der Waals surface area contributed by atoms with E-state index in [0.717, 1.165) is 19.3 Å². The van der Waals surface area contributed by atoms with Crippen molar-refractivity contribution in [1.82, 2.24) is 4.72 Å². The zero-order chi connectivity index (χ0) is 13.4. The maximum absolute atomic E-state index is 12.2. The van der Waals surface area contributed by atoms with Gasteiger partial charge in [0, 0.05) is 12.2 Å². The van der Waals surface area contributed by atoms with E-state index in [0.29, 0.717) is 22.7 Å². The fraction of sp³-hybridized carbons (Fsp3) is 0.538. The maximum atomic E-state index is 12.2. The second-order valence-electron chi connectivity index (χ2n) is 5.20. The van der Waals surface area contributed by atoms with Crippen LogP contribution in [0.25, 0.3) is 0 Å². The van der Waals surface area contributed by atoms with Gasteiger partial charge >= 0.3 is 0 Å². The van der Waals surface area contributed by atoms with Crippen LogP contribution in [0.5, 0.6) is 0 Å². The summed E-state index contributed by atoms with van der Waals surface area (Å²) in [5, 5.41) is 0. The van der Waals surface area contributed by atoms with Crippen LogP contribution in [0.4, 0.5) is 5.69 Å². The van der Waals surface area contributed by atoms with E-state index in [4.69, 9.17) is 5.73 Å². The predicted molar refractivity (Wildman–Crippen MR) is 72.7 cm³/mol. The van der Waals surface area contributed by atoms with E-state index in [2.05, 4.69) is 11.6 Å². The molecule has 18 heavy (non-hydrogen) atoms. The van der Waals surface area contributed by atoms with Crippen molar-refractivity contribution in [1.29, 1.82) is 0 Å². The zero-order valence-corrected chi connectivity index (χ0v) is 11.7. The van der Waals surface area contributed by atoms with Gasteiger partial charge in [-0.25, -0.2) is 13.1 Å². The molecule has 2 rings (SSSR count). The van der Waals surface area contributed by atoms with E-state index in [9.17, 15) is 8.42 Å². The number of nitrogen functional groups attached to an aromatic ring is 1. The topological polar surface area (TPSA) is 72.2 Å². The van der Waals surface area contributed by atoms with Crippen molar-refractivity contribution in [2.45, 2.75) is 38.0 Å². The first kappa shape index (κ1) is 13.4. The molecule has 0 atom stereocenters. The summed E-state index contributed by atoms with van der Waals surface area (Å²) >= 11 is 0. The Kier molecular flexibility index (Phi) is 3.38. The summed E-state index contributed by atoms with van der Waals surface area (Å²) in [5.41, 5.74) is 7.10. The number of nitrogens with one attached hydrogen (secondary N) is 1. The third-order valence-corrected chi connectivity index (χ3v) is 5.39. The molecule has 1 fully saturated rings. The van der Waals surface area contributed by atoms with Crippen molar-refractivity contribution in [2.24, 2.45) is 5.41 Å². The molecule has 1 aliphatic carbocycles. The molecule has 0 heterocycles. The average Bonchev–Trinajstić information content (AvgIpc) is 3.07. The Morgan fingerprint density at radius 3 is 2.56 bits per heavy atom. The molecule has 0 aromatic heterocycles. The lowest BCUT2D eigenvalue weighted by Gasteiger charge is -2.15. The number of sulfonamides is 1. The van der Waals surface area contributed by atoms with Gasteiger partial charge in [0.2, 0.25) is 10.0 Å². The van der Waals surface area contributed by atoms with Gasteiger partial charge < -0.3 is 5.73 Å². The van der Waals surface area contributed by atoms with Crippen LogP contribution in [-0.4, -0.2) is 15.0 Å². The molecule has 5 heteroatoms. The Morgan fingerprint density at radius 1 is 1.39 bits per heavy atom. The van der Waals surface area contributed by atoms with Crippen LogP contribution in [-0.2, 0) is 10.0 Å². The van der Waals surface area contributed by atoms with E-state index < -0.39 is 10.0 Å². The van der Waals surface area contributed by atoms with Gasteiger partial charge in [0.15, 0.2) is 0 Å². The lowest BCUT2D eigenvalue weighted by molar-refractivity contribution is 0.475. The number of benzene rings is 1. The lowest BCUT2D eigenvalue weighted by Crippen LogP contribution is -2.30. The lowest BCUT2D eigenvalue weighted by atomic mass is 10.1. The normalized spacial score (nSPS) is 17.7. The third kappa shape index (κ3) is 2.67. The number of rotatable bonds is 5. The third-order valence-electron chi connectivity index (χ3n) is 3.83. The molecule has 0 spiro atoms. The Hall–Kier alpha value is -1.07. The highest BCUT2D eigenvalue weighted by molar-refractivity contribution is 7.89. The molecule has 1 saturated carbocycles. The summed E-state index contributed by atoms with van der Waals surface area (Å²) in [6.07, 6.45) is 3.26. The molecule has 4 nitrogen and oxygen atoms in total. The minimum absolute atomic E-state index is 0.203. The highest BCUT2D eigenvalue weighted by atomic mass is 32.2. The fourth-order valence-corrected chi connectivity index (χ4v) is 3.51. The second-order valence-corrected chi connectivity index (χ2v) is 6.94. The summed E-state index contributed by atoms with van der Waals surface area (Å²) < 4.78 is 27.1. The molecule has 3 N–H and O–H groups in total. The first-order chi connectivity index (χ1) is 8.38. The average molecular weight is 268 g/mol. The van der Waals surface area contributed by atoms with Crippen LogP contribution in [0.15, 0.2) is 23.1 Å². The second kappa shape index (κ2) is 4.55. The van der Waals surface area contributed by atoms with Crippen molar-refractivity contribution < 1.29 is 8.42 Å². The number of nitrogens with two attached hydrogens (primary N) is 1. The summed E-state index contributed by atoms with van der Waals surface area (Å²) in [5.74, 6) is 0. The molecule has 1 aromatic carbocycles. The summed E-state index contributed by atoms with van der Waals surface area (Å²) in [4.78, 5) is 0.323. The molecule has 100 valence electrons. The summed E-state index contributed by atoms with van der Waals surface area (Å²) in [7, 11) is -3.42. The molecule has 0 unspecified atom stereocenters. The van der Waals surface area contributed by atoms with Crippen molar-refractivity contribution in [3.05, 3.63) is 23.8 Å². The van der Waals surface area contributed by atoms with Crippen LogP contribution in [0.1, 0.15) is 31.7 Å². The van der Waals surface area contributed by atoms with Gasteiger partial charge in [0.1, 0.15) is 0 Å². The largest absolute Gasteiger partial charge is 0.399 e. The molecule has 0 amide bonds. The number of anilines is 1. The first-order valence-electron chi connectivity index (χ1n) is 6.24. The quantitative estimate of drug-likeness (QED) is 0.803. The van der Waals surface area contributed by atoms with Crippen molar-refractivity contribution in [2.75, 3.05) is 12.3 Å². The molecular formula is C13H20N2O2S. The standard InChI is InChI=1S/C13H20N2O2S/c1-3-13(6-7-13)9-15-18(16,17)12-5-4-11(14)8-10(12)2/h4-5,8,15H,3,6-7,9,14H2,1-2H3. The van der Waals surface area contributed by atoms with E-state index in [-0.39, 0.29) is 5.41 Å². The predicted octanol–water partition coefficient (Wildman–Crippen LogP) is 2.05. The Labute approximate surface area is 109 Å². The molecule has 1 aliphatic rings. The van der Waals surface area contributed by atoms with Gasteiger partial charge in [0.25, 0.3) is 0 Å². The number of hydrogen-bond donors (Lipinski definition) is 2. The molecular weight excluding hydrogens is 248 g/mol. The Morgan fingerprint density at radius 2 is 2.06 bits per heavy atom. The molecule has 0 bridgehead atoms. The van der Waals surface area contributed by atoms with E-state index in [1.165, 1.54) is 0 Å². The van der Waals surface area contributed by atoms with Gasteiger partial charge in [-0.2, -0.15) is 0 Å². The maximum Gasteiger partial charge on any atom is 0.240 e. The van der Waals surface area contributed by atoms with Gasteiger partial charge in [-0.05, 0) is 55.4 Å². The zero-order valence-electron chi connectivity index (χ0n) is 10.9.